The minimum Gasteiger partial charge on any atom is -0.487 e. The van der Waals surface area contributed by atoms with Crippen LogP contribution in [0.2, 0.25) is 0 Å². The Hall–Kier alpha value is -3.26. The lowest BCUT2D eigenvalue weighted by Crippen LogP contribution is -2.54. The van der Waals surface area contributed by atoms with Crippen LogP contribution < -0.4 is 19.7 Å². The highest BCUT2D eigenvalue weighted by atomic mass is 32.2. The fourth-order valence-electron chi connectivity index (χ4n) is 6.38. The second-order valence-corrected chi connectivity index (χ2v) is 14.3. The molecule has 2 aliphatic heterocycles. The average Bonchev–Trinajstić information content (AvgIpc) is 3.92. The molecule has 0 unspecified atom stereocenters. The lowest BCUT2D eigenvalue weighted by atomic mass is 9.93. The number of nitrogens with zero attached hydrogens (tertiary/aromatic N) is 4. The van der Waals surface area contributed by atoms with Gasteiger partial charge in [0.05, 0.1) is 42.7 Å². The van der Waals surface area contributed by atoms with E-state index >= 15 is 0 Å². The quantitative estimate of drug-likeness (QED) is 0.437. The van der Waals surface area contributed by atoms with Crippen molar-refractivity contribution in [1.82, 2.24) is 24.9 Å². The van der Waals surface area contributed by atoms with E-state index in [9.17, 15) is 22.8 Å². The molecule has 1 aromatic rings. The molecule has 0 aromatic carbocycles. The Balaban J connectivity index is 1.19. The van der Waals surface area contributed by atoms with Gasteiger partial charge in [-0.05, 0) is 51.4 Å². The Kier molecular flexibility index (Phi) is 8.33. The summed E-state index contributed by atoms with van der Waals surface area (Å²) < 4.78 is 39.0. The van der Waals surface area contributed by atoms with E-state index in [1.54, 1.807) is 24.3 Å². The summed E-state index contributed by atoms with van der Waals surface area (Å²) in [5, 5.41) is 2.34. The maximum atomic E-state index is 13.9. The van der Waals surface area contributed by atoms with Crippen molar-refractivity contribution in [3.8, 4) is 5.75 Å². The summed E-state index contributed by atoms with van der Waals surface area (Å²) >= 11 is 0. The van der Waals surface area contributed by atoms with Gasteiger partial charge in [0.15, 0.2) is 5.75 Å². The first kappa shape index (κ1) is 29.8. The third-order valence-corrected chi connectivity index (χ3v) is 11.0. The number of hydrogen-bond donors (Lipinski definition) is 2. The largest absolute Gasteiger partial charge is 0.487 e. The summed E-state index contributed by atoms with van der Waals surface area (Å²) in [7, 11) is -2.04. The number of aromatic nitrogens is 2. The molecule has 2 N–H and O–H groups in total. The molecule has 6 rings (SSSR count). The fourth-order valence-corrected chi connectivity index (χ4v) is 7.74. The van der Waals surface area contributed by atoms with Crippen LogP contribution in [0.15, 0.2) is 24.5 Å². The van der Waals surface area contributed by atoms with Crippen molar-refractivity contribution in [3.63, 3.8) is 0 Å². The van der Waals surface area contributed by atoms with E-state index in [1.165, 1.54) is 0 Å². The van der Waals surface area contributed by atoms with Crippen LogP contribution >= 0.6 is 0 Å². The maximum Gasteiger partial charge on any atom is 0.259 e. The minimum absolute atomic E-state index is 0.139. The summed E-state index contributed by atoms with van der Waals surface area (Å²) in [5.74, 6) is -1.96. The molecule has 4 fully saturated rings. The van der Waals surface area contributed by atoms with E-state index in [0.29, 0.717) is 70.2 Å². The number of ether oxygens (including phenoxy) is 2. The number of carbonyl (C=O) groups excluding carboxylic acids is 3. The normalized spacial score (nSPS) is 32.6. The Bertz CT molecular complexity index is 1360. The summed E-state index contributed by atoms with van der Waals surface area (Å²) in [5.41, 5.74) is -1.36. The molecular weight excluding hydrogens is 576 g/mol. The van der Waals surface area contributed by atoms with Gasteiger partial charge in [-0.25, -0.2) is 18.4 Å². The van der Waals surface area contributed by atoms with E-state index < -0.39 is 50.6 Å². The third kappa shape index (κ3) is 6.49. The van der Waals surface area contributed by atoms with E-state index in [4.69, 9.17) is 9.47 Å². The van der Waals surface area contributed by atoms with Crippen LogP contribution in [-0.4, -0.2) is 97.8 Å². The van der Waals surface area contributed by atoms with Crippen molar-refractivity contribution in [2.24, 2.45) is 17.8 Å². The van der Waals surface area contributed by atoms with Gasteiger partial charge < -0.3 is 24.6 Å². The summed E-state index contributed by atoms with van der Waals surface area (Å²) in [4.78, 5) is 53.5. The molecule has 234 valence electrons. The SMILES string of the molecule is CN1CCCC/C=C/[C@H]2C[C@]2(C(=O)NS(=O)(=O)C2CC2)NC(=O)[C@@H]2C[C@@H](Oc3cnc(N4CCOCC4)nc3)C[C@H]2C1=O. The molecule has 3 heterocycles. The Morgan fingerprint density at radius 2 is 1.81 bits per heavy atom. The molecule has 13 nitrogen and oxygen atoms in total. The molecule has 43 heavy (non-hydrogen) atoms. The fraction of sp³-hybridized carbons (Fsp3) is 0.690. The number of allylic oxidation sites excluding steroid dienone is 1. The zero-order valence-electron chi connectivity index (χ0n) is 24.4. The molecule has 0 bridgehead atoms. The van der Waals surface area contributed by atoms with Crippen molar-refractivity contribution in [3.05, 3.63) is 24.5 Å². The molecule has 1 aromatic heterocycles. The second kappa shape index (κ2) is 12.0. The van der Waals surface area contributed by atoms with E-state index in [0.717, 1.165) is 19.3 Å². The van der Waals surface area contributed by atoms with E-state index in [-0.39, 0.29) is 18.2 Å². The van der Waals surface area contributed by atoms with Crippen molar-refractivity contribution in [2.75, 3.05) is 44.8 Å². The van der Waals surface area contributed by atoms with Crippen LogP contribution in [0.1, 0.15) is 51.4 Å². The van der Waals surface area contributed by atoms with Crippen LogP contribution in [0.3, 0.4) is 0 Å². The van der Waals surface area contributed by atoms with Gasteiger partial charge in [-0.3, -0.25) is 19.1 Å². The Morgan fingerprint density at radius 1 is 1.09 bits per heavy atom. The van der Waals surface area contributed by atoms with Gasteiger partial charge in [0.25, 0.3) is 5.91 Å². The minimum atomic E-state index is -3.79. The highest BCUT2D eigenvalue weighted by Crippen LogP contribution is 2.47. The van der Waals surface area contributed by atoms with Crippen LogP contribution in [-0.2, 0) is 29.1 Å². The molecule has 0 radical (unpaired) electrons. The first-order valence-electron chi connectivity index (χ1n) is 15.3. The average molecular weight is 617 g/mol. The molecule has 5 atom stereocenters. The van der Waals surface area contributed by atoms with E-state index in [2.05, 4.69) is 20.0 Å². The topological polar surface area (TPSA) is 160 Å². The third-order valence-electron chi connectivity index (χ3n) is 9.21. The first-order chi connectivity index (χ1) is 20.7. The predicted octanol–water partition coefficient (Wildman–Crippen LogP) is 0.769. The number of fused-ring (bicyclic) bond motifs is 2. The van der Waals surface area contributed by atoms with Gasteiger partial charge in [-0.2, -0.15) is 0 Å². The van der Waals surface area contributed by atoms with Gasteiger partial charge in [0.1, 0.15) is 11.6 Å². The summed E-state index contributed by atoms with van der Waals surface area (Å²) in [6.07, 6.45) is 11.0. The zero-order valence-corrected chi connectivity index (χ0v) is 25.3. The molecule has 14 heteroatoms. The van der Waals surface area contributed by atoms with Crippen LogP contribution in [0.4, 0.5) is 5.95 Å². The lowest BCUT2D eigenvalue weighted by Gasteiger charge is -2.26. The predicted molar refractivity (Wildman–Crippen MR) is 155 cm³/mol. The number of morpholine rings is 1. The van der Waals surface area contributed by atoms with Crippen LogP contribution in [0, 0.1) is 17.8 Å². The van der Waals surface area contributed by atoms with Gasteiger partial charge in [0.2, 0.25) is 27.8 Å². The van der Waals surface area contributed by atoms with Crippen molar-refractivity contribution in [2.45, 2.75) is 68.3 Å². The van der Waals surface area contributed by atoms with Gasteiger partial charge in [-0.15, -0.1) is 0 Å². The smallest absolute Gasteiger partial charge is 0.259 e. The first-order valence-corrected chi connectivity index (χ1v) is 16.8. The highest BCUT2D eigenvalue weighted by Gasteiger charge is 2.62. The van der Waals surface area contributed by atoms with Gasteiger partial charge in [0, 0.05) is 32.6 Å². The molecule has 1 saturated heterocycles. The summed E-state index contributed by atoms with van der Waals surface area (Å²) in [6, 6.07) is 0. The summed E-state index contributed by atoms with van der Waals surface area (Å²) in [6.45, 7) is 3.23. The van der Waals surface area contributed by atoms with Crippen molar-refractivity contribution in [1.29, 1.82) is 0 Å². The standard InChI is InChI=1S/C29H40N6O7S/c1-34-9-5-3-2-4-6-19-16-29(19,27(38)33-43(39,40)22-7-8-22)32-25(36)23-14-20(15-24(23)26(34)37)42-21-17-30-28(31-18-21)35-10-12-41-13-11-35/h4,6,17-20,22-24H,2-3,5,7-16H2,1H3,(H,32,36)(H,33,38)/b6-4+/t19-,20+,23+,24+,29-/m0/s1. The number of anilines is 1. The number of rotatable bonds is 6. The monoisotopic (exact) mass is 616 g/mol. The van der Waals surface area contributed by atoms with Crippen LogP contribution in [0.5, 0.6) is 5.75 Å². The van der Waals surface area contributed by atoms with Gasteiger partial charge in [-0.1, -0.05) is 12.2 Å². The molecular formula is C29H40N6O7S. The highest BCUT2D eigenvalue weighted by molar-refractivity contribution is 7.91. The Labute approximate surface area is 251 Å². The van der Waals surface area contributed by atoms with Gasteiger partial charge >= 0.3 is 0 Å². The molecule has 0 spiro atoms. The van der Waals surface area contributed by atoms with Crippen LogP contribution in [0.25, 0.3) is 0 Å². The van der Waals surface area contributed by atoms with Crippen molar-refractivity contribution >= 4 is 33.7 Å². The zero-order chi connectivity index (χ0) is 30.2. The van der Waals surface area contributed by atoms with Crippen molar-refractivity contribution < 1.29 is 32.3 Å². The molecule has 3 amide bonds. The number of carbonyl (C=O) groups is 3. The number of amides is 3. The lowest BCUT2D eigenvalue weighted by molar-refractivity contribution is -0.140. The van der Waals surface area contributed by atoms with E-state index in [1.807, 2.05) is 17.1 Å². The Morgan fingerprint density at radius 3 is 2.53 bits per heavy atom. The second-order valence-electron chi connectivity index (χ2n) is 12.4. The number of sulfonamides is 1. The molecule has 3 aliphatic carbocycles. The number of nitrogens with one attached hydrogen (secondary N) is 2. The molecule has 3 saturated carbocycles. The maximum absolute atomic E-state index is 13.9. The number of hydrogen-bond acceptors (Lipinski definition) is 10. The molecule has 5 aliphatic rings.